The molecule has 2 nitrogen and oxygen atoms in total. The molecule has 0 unspecified atom stereocenters. The Hall–Kier alpha value is -6.64. The van der Waals surface area contributed by atoms with Crippen LogP contribution in [0.25, 0.3) is 88.8 Å². The minimum absolute atomic E-state index is 0.0482. The molecule has 1 heterocycles. The number of fused-ring (bicyclic) bond motifs is 5. The molecule has 14 rings (SSSR count). The molecule has 1 aromatic heterocycles. The Balaban J connectivity index is 1.10. The summed E-state index contributed by atoms with van der Waals surface area (Å²) in [7, 11) is 0. The minimum atomic E-state index is 0.0482. The van der Waals surface area contributed by atoms with E-state index >= 15 is 0 Å². The molecule has 4 saturated carbocycles. The Kier molecular flexibility index (Phi) is 7.52. The third-order valence-corrected chi connectivity index (χ3v) is 15.1. The Labute approximate surface area is 351 Å². The third kappa shape index (κ3) is 5.00. The molecule has 60 heavy (non-hydrogen) atoms. The molecule has 5 aliphatic carbocycles. The molecule has 0 aliphatic heterocycles. The van der Waals surface area contributed by atoms with Crippen molar-refractivity contribution in [1.82, 2.24) is 9.97 Å². The van der Waals surface area contributed by atoms with Gasteiger partial charge in [0, 0.05) is 22.1 Å². The van der Waals surface area contributed by atoms with E-state index in [0.29, 0.717) is 11.8 Å². The molecule has 9 aromatic rings. The largest absolute Gasteiger partial charge is 0.228 e. The van der Waals surface area contributed by atoms with Crippen LogP contribution < -0.4 is 0 Å². The molecule has 4 fully saturated rings. The predicted octanol–water partition coefficient (Wildman–Crippen LogP) is 14.8. The normalized spacial score (nSPS) is 22.1. The highest BCUT2D eigenvalue weighted by atomic mass is 14.9. The Morgan fingerprint density at radius 3 is 1.68 bits per heavy atom. The molecule has 0 N–H and O–H groups in total. The van der Waals surface area contributed by atoms with Gasteiger partial charge in [0.15, 0.2) is 5.82 Å². The second-order valence-corrected chi connectivity index (χ2v) is 18.1. The first-order chi connectivity index (χ1) is 29.7. The molecule has 0 amide bonds. The van der Waals surface area contributed by atoms with E-state index < -0.39 is 0 Å². The first kappa shape index (κ1) is 34.2. The van der Waals surface area contributed by atoms with Crippen LogP contribution in [0, 0.1) is 23.7 Å². The van der Waals surface area contributed by atoms with Crippen molar-refractivity contribution in [2.45, 2.75) is 37.5 Å². The first-order valence-corrected chi connectivity index (χ1v) is 22.0. The van der Waals surface area contributed by atoms with Crippen LogP contribution in [0.3, 0.4) is 0 Å². The van der Waals surface area contributed by atoms with E-state index in [2.05, 4.69) is 182 Å². The van der Waals surface area contributed by atoms with Crippen LogP contribution in [0.1, 0.15) is 43.2 Å². The lowest BCUT2D eigenvalue weighted by Crippen LogP contribution is -2.55. The van der Waals surface area contributed by atoms with Crippen LogP contribution in [0.4, 0.5) is 0 Å². The zero-order valence-corrected chi connectivity index (χ0v) is 33.6. The summed E-state index contributed by atoms with van der Waals surface area (Å²) >= 11 is 0. The van der Waals surface area contributed by atoms with Gasteiger partial charge in [-0.15, -0.1) is 0 Å². The van der Waals surface area contributed by atoms with Crippen molar-refractivity contribution in [3.8, 4) is 67.3 Å². The van der Waals surface area contributed by atoms with Crippen molar-refractivity contribution in [3.63, 3.8) is 0 Å². The van der Waals surface area contributed by atoms with Gasteiger partial charge < -0.3 is 0 Å². The maximum Gasteiger partial charge on any atom is 0.160 e. The van der Waals surface area contributed by atoms with E-state index in [1.807, 2.05) is 0 Å². The van der Waals surface area contributed by atoms with Crippen LogP contribution in [-0.4, -0.2) is 9.97 Å². The van der Waals surface area contributed by atoms with E-state index in [9.17, 15) is 0 Å². The fourth-order valence-corrected chi connectivity index (χ4v) is 12.9. The zero-order valence-electron chi connectivity index (χ0n) is 33.6. The monoisotopic (exact) mass is 768 g/mol. The van der Waals surface area contributed by atoms with Crippen molar-refractivity contribution < 1.29 is 0 Å². The maximum atomic E-state index is 5.51. The number of aromatic nitrogens is 2. The molecule has 4 bridgehead atoms. The van der Waals surface area contributed by atoms with Gasteiger partial charge in [0.25, 0.3) is 0 Å². The molecule has 5 aliphatic rings. The molecule has 0 atom stereocenters. The van der Waals surface area contributed by atoms with Gasteiger partial charge in [-0.1, -0.05) is 164 Å². The van der Waals surface area contributed by atoms with E-state index in [4.69, 9.17) is 9.97 Å². The number of rotatable bonds is 5. The van der Waals surface area contributed by atoms with E-state index in [1.165, 1.54) is 81.5 Å². The van der Waals surface area contributed by atoms with Gasteiger partial charge in [-0.05, 0) is 140 Å². The number of hydrogen-bond donors (Lipinski definition) is 0. The standard InChI is InChI=1S/C58H44N2/c1-3-14-38(15-4-1)45-21-11-12-23-47(45)53-35-54(60-57(59-53)40-17-5-2-6-18-40)48-27-26-39-16-9-10-22-46(39)55(48)49-24-13-25-51-56(49)50-33-41-19-7-8-20-42(41)34-52(50)58(51)43-29-36-28-37(31-43)32-44(58)30-36/h1-27,33-37,43-44H,28-32H2. The molecule has 8 aromatic carbocycles. The molecule has 0 radical (unpaired) electrons. The summed E-state index contributed by atoms with van der Waals surface area (Å²) in [6, 6.07) is 67.2. The lowest BCUT2D eigenvalue weighted by atomic mass is 9.43. The van der Waals surface area contributed by atoms with E-state index in [1.54, 1.807) is 11.1 Å². The summed E-state index contributed by atoms with van der Waals surface area (Å²) in [5.74, 6) is 3.86. The SMILES string of the molecule is c1ccc(-c2nc(-c3ccccc3-c3ccccc3)cc(-c3ccc4ccccc4c3-c3cccc4c3-c3cc5ccccc5cc3C43C4CC5CC(C4)CC3C5)n2)cc1. The summed E-state index contributed by atoms with van der Waals surface area (Å²) in [6.07, 6.45) is 6.89. The lowest BCUT2D eigenvalue weighted by molar-refractivity contribution is -0.0398. The Morgan fingerprint density at radius 1 is 0.367 bits per heavy atom. The zero-order chi connectivity index (χ0) is 39.4. The second kappa shape index (κ2) is 13.2. The van der Waals surface area contributed by atoms with Crippen LogP contribution in [0.5, 0.6) is 0 Å². The first-order valence-electron chi connectivity index (χ1n) is 22.0. The van der Waals surface area contributed by atoms with Crippen LogP contribution in [0.2, 0.25) is 0 Å². The lowest BCUT2D eigenvalue weighted by Gasteiger charge is -2.61. The highest BCUT2D eigenvalue weighted by Crippen LogP contribution is 2.70. The van der Waals surface area contributed by atoms with Crippen molar-refractivity contribution in [2.24, 2.45) is 23.7 Å². The molecule has 0 saturated heterocycles. The molecule has 286 valence electrons. The van der Waals surface area contributed by atoms with E-state index in [-0.39, 0.29) is 5.41 Å². The number of benzene rings is 8. The fraction of sp³-hybridized carbons (Fsp3) is 0.172. The highest BCUT2D eigenvalue weighted by molar-refractivity contribution is 6.09. The third-order valence-electron chi connectivity index (χ3n) is 15.1. The van der Waals surface area contributed by atoms with Crippen LogP contribution in [-0.2, 0) is 5.41 Å². The highest BCUT2D eigenvalue weighted by Gasteiger charge is 2.61. The molecular formula is C58H44N2. The van der Waals surface area contributed by atoms with Crippen molar-refractivity contribution in [3.05, 3.63) is 193 Å². The molecule has 2 heteroatoms. The average molecular weight is 769 g/mol. The van der Waals surface area contributed by atoms with Gasteiger partial charge >= 0.3 is 0 Å². The summed E-state index contributed by atoms with van der Waals surface area (Å²) in [6.45, 7) is 0. The van der Waals surface area contributed by atoms with Crippen LogP contribution in [0.15, 0.2) is 182 Å². The van der Waals surface area contributed by atoms with Gasteiger partial charge in [-0.25, -0.2) is 9.97 Å². The Morgan fingerprint density at radius 2 is 0.950 bits per heavy atom. The fourth-order valence-electron chi connectivity index (χ4n) is 12.9. The second-order valence-electron chi connectivity index (χ2n) is 18.1. The smallest absolute Gasteiger partial charge is 0.160 e. The topological polar surface area (TPSA) is 25.8 Å². The van der Waals surface area contributed by atoms with E-state index in [0.717, 1.165) is 51.3 Å². The number of nitrogens with zero attached hydrogens (tertiary/aromatic N) is 2. The molecule has 1 spiro atoms. The average Bonchev–Trinajstić information content (AvgIpc) is 3.59. The van der Waals surface area contributed by atoms with Gasteiger partial charge in [-0.3, -0.25) is 0 Å². The minimum Gasteiger partial charge on any atom is -0.228 e. The maximum absolute atomic E-state index is 5.51. The molecular weight excluding hydrogens is 725 g/mol. The van der Waals surface area contributed by atoms with Crippen LogP contribution >= 0.6 is 0 Å². The van der Waals surface area contributed by atoms with Crippen molar-refractivity contribution >= 4 is 21.5 Å². The predicted molar refractivity (Wildman–Crippen MR) is 247 cm³/mol. The summed E-state index contributed by atoms with van der Waals surface area (Å²) in [5, 5.41) is 5.17. The van der Waals surface area contributed by atoms with Gasteiger partial charge in [-0.2, -0.15) is 0 Å². The summed E-state index contributed by atoms with van der Waals surface area (Å²) < 4.78 is 0. The Bertz CT molecular complexity index is 3130. The van der Waals surface area contributed by atoms with Crippen molar-refractivity contribution in [2.75, 3.05) is 0 Å². The van der Waals surface area contributed by atoms with Gasteiger partial charge in [0.05, 0.1) is 11.4 Å². The van der Waals surface area contributed by atoms with Crippen molar-refractivity contribution in [1.29, 1.82) is 0 Å². The summed E-state index contributed by atoms with van der Waals surface area (Å²) in [4.78, 5) is 10.9. The number of hydrogen-bond acceptors (Lipinski definition) is 2. The summed E-state index contributed by atoms with van der Waals surface area (Å²) in [5.41, 5.74) is 16.1. The van der Waals surface area contributed by atoms with Gasteiger partial charge in [0.2, 0.25) is 0 Å². The van der Waals surface area contributed by atoms with Gasteiger partial charge in [0.1, 0.15) is 0 Å². The quantitative estimate of drug-likeness (QED) is 0.174.